The number of carbonyl (C=O) groups excluding carboxylic acids is 2. The number of rotatable bonds is 7. The van der Waals surface area contributed by atoms with E-state index < -0.39 is 21.3 Å². The molecular weight excluding hydrogens is 649 g/mol. The summed E-state index contributed by atoms with van der Waals surface area (Å²) in [6.45, 7) is 6.24. The zero-order chi connectivity index (χ0) is 35.3. The van der Waals surface area contributed by atoms with Crippen LogP contribution in [0.3, 0.4) is 0 Å². The molecule has 1 saturated heterocycles. The lowest BCUT2D eigenvalue weighted by atomic mass is 9.45. The summed E-state index contributed by atoms with van der Waals surface area (Å²) in [5, 5.41) is 10.5. The number of Topliss-reactive ketones (excluding diaryl/α,β-unsaturated/α-hetero) is 1. The van der Waals surface area contributed by atoms with E-state index in [4.69, 9.17) is 4.55 Å². The number of phenolic OH excluding ortho intramolecular Hbond substituents is 1. The minimum Gasteiger partial charge on any atom is -0.508 e. The molecule has 1 amide bonds. The van der Waals surface area contributed by atoms with Gasteiger partial charge in [-0.05, 0) is 110 Å². The first-order valence-corrected chi connectivity index (χ1v) is 20.3. The first kappa shape index (κ1) is 34.1. The van der Waals surface area contributed by atoms with Gasteiger partial charge in [-0.25, -0.2) is 0 Å². The van der Waals surface area contributed by atoms with Crippen molar-refractivity contribution in [2.45, 2.75) is 95.6 Å². The number of piperidine rings is 1. The van der Waals surface area contributed by atoms with Gasteiger partial charge in [0, 0.05) is 42.9 Å². The van der Waals surface area contributed by atoms with Gasteiger partial charge in [0.2, 0.25) is 5.91 Å². The van der Waals surface area contributed by atoms with E-state index in [0.717, 1.165) is 50.1 Å². The maximum absolute atomic E-state index is 13.5. The molecule has 7 aliphatic rings. The molecule has 1 heterocycles. The van der Waals surface area contributed by atoms with E-state index in [1.165, 1.54) is 30.5 Å². The number of aromatic hydroxyl groups is 1. The van der Waals surface area contributed by atoms with Gasteiger partial charge in [-0.3, -0.25) is 19.0 Å². The topological polar surface area (TPSA) is 115 Å². The minimum atomic E-state index is -4.08. The van der Waals surface area contributed by atoms with Crippen LogP contribution >= 0.6 is 0 Å². The number of benzene rings is 2. The highest BCUT2D eigenvalue weighted by molar-refractivity contribution is 7.85. The number of likely N-dealkylation sites (tertiary alicyclic amines) is 1. The maximum atomic E-state index is 13.5. The number of amides is 1. The van der Waals surface area contributed by atoms with E-state index in [9.17, 15) is 23.1 Å². The average molecular weight is 701 g/mol. The van der Waals surface area contributed by atoms with E-state index >= 15 is 0 Å². The first-order chi connectivity index (χ1) is 23.7. The lowest BCUT2D eigenvalue weighted by molar-refractivity contribution is -0.139. The van der Waals surface area contributed by atoms with Crippen molar-refractivity contribution < 1.29 is 27.7 Å². The van der Waals surface area contributed by atoms with Gasteiger partial charge in [0.25, 0.3) is 10.1 Å². The molecule has 6 aliphatic carbocycles. The molecule has 0 radical (unpaired) electrons. The third-order valence-electron chi connectivity index (χ3n) is 14.9. The Labute approximate surface area is 297 Å². The van der Waals surface area contributed by atoms with Gasteiger partial charge < -0.3 is 10.0 Å². The van der Waals surface area contributed by atoms with E-state index in [1.807, 2.05) is 57.3 Å². The monoisotopic (exact) mass is 700 g/mol. The molecule has 2 N–H and O–H groups in total. The lowest BCUT2D eigenvalue weighted by Crippen LogP contribution is -2.68. The molecule has 8 nitrogen and oxygen atoms in total. The third-order valence-corrected chi connectivity index (χ3v) is 15.7. The molecule has 2 unspecified atom stereocenters. The van der Waals surface area contributed by atoms with Crippen LogP contribution in [0, 0.1) is 34.0 Å². The highest BCUT2D eigenvalue weighted by atomic mass is 32.2. The van der Waals surface area contributed by atoms with Gasteiger partial charge in [-0.1, -0.05) is 62.4 Å². The van der Waals surface area contributed by atoms with Crippen LogP contribution in [0.15, 0.2) is 60.7 Å². The largest absolute Gasteiger partial charge is 0.508 e. The number of phenols is 1. The summed E-state index contributed by atoms with van der Waals surface area (Å²) in [5.74, 6) is 1.77. The zero-order valence-electron chi connectivity index (χ0n) is 29.7. The predicted octanol–water partition coefficient (Wildman–Crippen LogP) is 5.98. The highest BCUT2D eigenvalue weighted by Gasteiger charge is 2.68. The van der Waals surface area contributed by atoms with Crippen LogP contribution in [0.25, 0.3) is 0 Å². The van der Waals surface area contributed by atoms with Crippen molar-refractivity contribution in [3.63, 3.8) is 0 Å². The Kier molecular flexibility index (Phi) is 8.02. The Morgan fingerprint density at radius 1 is 1.02 bits per heavy atom. The molecule has 2 aromatic rings. The van der Waals surface area contributed by atoms with Crippen LogP contribution in [-0.2, 0) is 38.0 Å². The van der Waals surface area contributed by atoms with Crippen molar-refractivity contribution >= 4 is 21.8 Å². The fraction of sp³-hybridized carbons (Fsp3) is 0.610. The van der Waals surface area contributed by atoms with E-state index in [1.54, 1.807) is 0 Å². The van der Waals surface area contributed by atoms with Gasteiger partial charge in [0.05, 0.1) is 17.6 Å². The van der Waals surface area contributed by atoms with Gasteiger partial charge in [-0.2, -0.15) is 8.42 Å². The second kappa shape index (κ2) is 11.8. The second-order valence-electron chi connectivity index (χ2n) is 17.5. The molecule has 2 aromatic carbocycles. The predicted molar refractivity (Wildman–Crippen MR) is 192 cm³/mol. The van der Waals surface area contributed by atoms with Crippen molar-refractivity contribution in [2.24, 2.45) is 34.0 Å². The zero-order valence-corrected chi connectivity index (χ0v) is 30.5. The Hall–Kier alpha value is -3.01. The van der Waals surface area contributed by atoms with Gasteiger partial charge in [0.1, 0.15) is 11.5 Å². The van der Waals surface area contributed by atoms with Gasteiger partial charge in [-0.15, -0.1) is 0 Å². The lowest BCUT2D eigenvalue weighted by Gasteiger charge is -2.65. The molecule has 7 atom stereocenters. The molecule has 9 rings (SSSR count). The smallest absolute Gasteiger partial charge is 0.265 e. The molecular formula is C41H52N2O6S. The molecule has 1 aliphatic heterocycles. The Bertz CT molecular complexity index is 1840. The number of ketones is 1. The minimum absolute atomic E-state index is 0.0152. The van der Waals surface area contributed by atoms with Crippen molar-refractivity contribution in [1.82, 2.24) is 9.80 Å². The summed E-state index contributed by atoms with van der Waals surface area (Å²) in [5.41, 5.74) is 2.96. The Morgan fingerprint density at radius 2 is 1.78 bits per heavy atom. The summed E-state index contributed by atoms with van der Waals surface area (Å²) < 4.78 is 31.0. The fourth-order valence-corrected chi connectivity index (χ4v) is 13.2. The van der Waals surface area contributed by atoms with E-state index in [2.05, 4.69) is 34.1 Å². The Morgan fingerprint density at radius 3 is 2.44 bits per heavy atom. The van der Waals surface area contributed by atoms with E-state index in [0.29, 0.717) is 37.0 Å². The molecule has 268 valence electrons. The third kappa shape index (κ3) is 5.23. The molecule has 50 heavy (non-hydrogen) atoms. The van der Waals surface area contributed by atoms with Crippen LogP contribution in [0.4, 0.5) is 0 Å². The summed E-state index contributed by atoms with van der Waals surface area (Å²) in [6.07, 6.45) is 14.6. The van der Waals surface area contributed by atoms with Gasteiger partial charge in [0.15, 0.2) is 0 Å². The van der Waals surface area contributed by atoms with Gasteiger partial charge >= 0.3 is 0 Å². The maximum Gasteiger partial charge on any atom is 0.265 e. The number of hydrogen-bond donors (Lipinski definition) is 2. The van der Waals surface area contributed by atoms with Crippen LogP contribution in [0.2, 0.25) is 0 Å². The molecule has 5 fully saturated rings. The van der Waals surface area contributed by atoms with Crippen molar-refractivity contribution in [1.29, 1.82) is 0 Å². The molecule has 1 spiro atoms. The summed E-state index contributed by atoms with van der Waals surface area (Å²) in [6, 6.07) is 16.9. The quantitative estimate of drug-likeness (QED) is 0.270. The molecule has 9 heteroatoms. The highest BCUT2D eigenvalue weighted by Crippen LogP contribution is 2.69. The summed E-state index contributed by atoms with van der Waals surface area (Å²) in [7, 11) is -2.05. The van der Waals surface area contributed by atoms with Crippen LogP contribution in [0.1, 0.15) is 81.9 Å². The van der Waals surface area contributed by atoms with Crippen LogP contribution in [-0.4, -0.2) is 77.5 Å². The second-order valence-corrected chi connectivity index (χ2v) is 18.9. The SMILES string of the molecule is CC1(C)C2CCC1(CS(=O)(=O)O)C(=O)C2.CN(C(=O)Cc1ccccc1)[C@H]1C[C@@]23CCN(CC4CC4)[C@H]4C=C[C@@H]1C[C@]42Cc1ccc(O)cc13. The van der Waals surface area contributed by atoms with Crippen molar-refractivity contribution in [3.8, 4) is 5.75 Å². The molecule has 0 aromatic heterocycles. The number of fused-ring (bicyclic) bond motifs is 4. The standard InChI is InChI=1S/C31H36N2O2.C10H16O4S/c1-32(29(35)15-21-5-3-2-4-6-21)27-19-30-13-14-33(20-22-7-8-22)28-12-10-24(27)18-31(28,30)17-23-9-11-25(34)16-26(23)30;1-9(2)7-3-4-10(9,8(11)5-7)6-15(12,13)14/h2-6,9-12,16,22,24,27-28,34H,7-8,13-15,17-20H2,1H3;7H,3-6H2,1-2H3,(H,12,13,14)/t24-,27+,28+,30-,31-;/m1./s1. The first-order valence-electron chi connectivity index (χ1n) is 18.7. The van der Waals surface area contributed by atoms with E-state index in [-0.39, 0.29) is 39.9 Å². The van der Waals surface area contributed by atoms with Crippen molar-refractivity contribution in [2.75, 3.05) is 25.9 Å². The normalized spacial score (nSPS) is 36.0. The van der Waals surface area contributed by atoms with Crippen LogP contribution < -0.4 is 0 Å². The average Bonchev–Trinajstić information content (AvgIpc) is 3.77. The molecule has 4 saturated carbocycles. The number of carbonyl (C=O) groups is 2. The summed E-state index contributed by atoms with van der Waals surface area (Å²) >= 11 is 0. The van der Waals surface area contributed by atoms with Crippen LogP contribution in [0.5, 0.6) is 5.75 Å². The number of hydrogen-bond acceptors (Lipinski definition) is 6. The number of nitrogens with zero attached hydrogens (tertiary/aromatic N) is 2. The number of likely N-dealkylation sites (N-methyl/N-ethyl adjacent to an activating group) is 1. The Balaban J connectivity index is 0.000000202. The van der Waals surface area contributed by atoms with Crippen molar-refractivity contribution in [3.05, 3.63) is 77.4 Å². The molecule has 4 bridgehead atoms. The summed E-state index contributed by atoms with van der Waals surface area (Å²) in [4.78, 5) is 30.2. The fourth-order valence-electron chi connectivity index (χ4n) is 11.9.